The molecule has 198 valence electrons. The molecule has 0 bridgehead atoms. The van der Waals surface area contributed by atoms with Crippen molar-refractivity contribution in [2.24, 2.45) is 0 Å². The lowest BCUT2D eigenvalue weighted by Gasteiger charge is -2.43. The van der Waals surface area contributed by atoms with Crippen molar-refractivity contribution in [3.8, 4) is 0 Å². The van der Waals surface area contributed by atoms with Gasteiger partial charge in [-0.2, -0.15) is 0 Å². The molecule has 0 fully saturated rings. The molecule has 0 aliphatic carbocycles. The maximum Gasteiger partial charge on any atom is 0.264 e. The molecule has 0 unspecified atom stereocenters. The zero-order chi connectivity index (χ0) is 27.9. The number of hydrogen-bond acceptors (Lipinski definition) is 3. The van der Waals surface area contributed by atoms with Gasteiger partial charge in [-0.25, -0.2) is 0 Å². The Morgan fingerprint density at radius 3 is 2.05 bits per heavy atom. The number of para-hydroxylation sites is 3. The van der Waals surface area contributed by atoms with E-state index >= 15 is 0 Å². The van der Waals surface area contributed by atoms with Gasteiger partial charge in [-0.05, 0) is 82.9 Å². The highest BCUT2D eigenvalue weighted by molar-refractivity contribution is 7.33. The van der Waals surface area contributed by atoms with Crippen LogP contribution in [0.1, 0.15) is 31.9 Å². The lowest BCUT2D eigenvalue weighted by atomic mass is 9.36. The Morgan fingerprint density at radius 2 is 1.29 bits per heavy atom. The van der Waals surface area contributed by atoms with Gasteiger partial charge in [-0.1, -0.05) is 87.5 Å². The minimum Gasteiger partial charge on any atom is -0.311 e. The van der Waals surface area contributed by atoms with Crippen LogP contribution < -0.4 is 25.5 Å². The van der Waals surface area contributed by atoms with E-state index in [0.29, 0.717) is 0 Å². The first-order chi connectivity index (χ1) is 19.9. The minimum absolute atomic E-state index is 0.0733. The second-order valence-corrected chi connectivity index (χ2v) is 13.4. The summed E-state index contributed by atoms with van der Waals surface area (Å²) >= 11 is 1.96. The standard InChI is InChI=1S/C37H31BN2S/c1-24-13-8-10-17-29(24)40-32-20-12-19-31-34(32)38(28-16-9-11-18-30(28)39(31)26-14-6-5-7-15-26)36-35(40)27-23-25(37(2,3)4)21-22-33(27)41-36/h5-23H,1-4H3. The molecule has 3 heterocycles. The molecule has 1 aromatic heterocycles. The van der Waals surface area contributed by atoms with E-state index in [1.807, 2.05) is 11.3 Å². The fraction of sp³-hybridized carbons (Fsp3) is 0.135. The monoisotopic (exact) mass is 546 g/mol. The molecule has 2 aliphatic heterocycles. The highest BCUT2D eigenvalue weighted by atomic mass is 32.1. The van der Waals surface area contributed by atoms with Gasteiger partial charge in [0, 0.05) is 43.3 Å². The van der Waals surface area contributed by atoms with Crippen LogP contribution in [0.15, 0.2) is 115 Å². The maximum absolute atomic E-state index is 2.56. The van der Waals surface area contributed by atoms with E-state index in [4.69, 9.17) is 0 Å². The molecular weight excluding hydrogens is 515 g/mol. The van der Waals surface area contributed by atoms with Gasteiger partial charge in [0.05, 0.1) is 5.69 Å². The van der Waals surface area contributed by atoms with Gasteiger partial charge in [-0.15, -0.1) is 11.3 Å². The summed E-state index contributed by atoms with van der Waals surface area (Å²) in [6.07, 6.45) is 0. The first-order valence-electron chi connectivity index (χ1n) is 14.4. The van der Waals surface area contributed by atoms with Crippen molar-refractivity contribution in [3.63, 3.8) is 0 Å². The number of rotatable bonds is 2. The zero-order valence-corrected chi connectivity index (χ0v) is 24.7. The SMILES string of the molecule is Cc1ccccc1N1c2cccc3c2B(c2ccccc2N3c2ccccc2)c2sc3ccc(C(C)(C)C)cc3c21. The second-order valence-electron chi connectivity index (χ2n) is 12.3. The van der Waals surface area contributed by atoms with Crippen molar-refractivity contribution < 1.29 is 0 Å². The average Bonchev–Trinajstić information content (AvgIpc) is 3.36. The van der Waals surface area contributed by atoms with E-state index in [9.17, 15) is 0 Å². The number of fused-ring (bicyclic) bond motifs is 6. The topological polar surface area (TPSA) is 6.48 Å². The minimum atomic E-state index is 0.0733. The fourth-order valence-electron chi connectivity index (χ4n) is 6.76. The first-order valence-corrected chi connectivity index (χ1v) is 15.2. The lowest BCUT2D eigenvalue weighted by molar-refractivity contribution is 0.591. The predicted octanol–water partition coefficient (Wildman–Crippen LogP) is 8.59. The van der Waals surface area contributed by atoms with Gasteiger partial charge in [-0.3, -0.25) is 0 Å². The Hall–Kier alpha value is -4.28. The summed E-state index contributed by atoms with van der Waals surface area (Å²) in [5.74, 6) is 0. The molecule has 0 spiro atoms. The van der Waals surface area contributed by atoms with Gasteiger partial charge in [0.1, 0.15) is 0 Å². The van der Waals surface area contributed by atoms with E-state index < -0.39 is 0 Å². The summed E-state index contributed by atoms with van der Waals surface area (Å²) in [4.78, 5) is 5.01. The number of hydrogen-bond donors (Lipinski definition) is 0. The van der Waals surface area contributed by atoms with E-state index in [0.717, 1.165) is 0 Å². The number of benzene rings is 5. The van der Waals surface area contributed by atoms with E-state index in [1.54, 1.807) is 0 Å². The maximum atomic E-state index is 2.56. The number of nitrogens with zero attached hydrogens (tertiary/aromatic N) is 2. The summed E-state index contributed by atoms with van der Waals surface area (Å²) in [5.41, 5.74) is 13.0. The zero-order valence-electron chi connectivity index (χ0n) is 23.8. The Bertz CT molecular complexity index is 1970. The van der Waals surface area contributed by atoms with Crippen molar-refractivity contribution in [1.29, 1.82) is 0 Å². The summed E-state index contributed by atoms with van der Waals surface area (Å²) < 4.78 is 2.77. The van der Waals surface area contributed by atoms with Crippen LogP contribution in [-0.4, -0.2) is 6.71 Å². The van der Waals surface area contributed by atoms with Gasteiger partial charge in [0.25, 0.3) is 6.71 Å². The summed E-state index contributed by atoms with van der Waals surface area (Å²) in [7, 11) is 0. The smallest absolute Gasteiger partial charge is 0.264 e. The predicted molar refractivity (Wildman–Crippen MR) is 179 cm³/mol. The number of aryl methyl sites for hydroxylation is 1. The summed E-state index contributed by atoms with van der Waals surface area (Å²) in [6.45, 7) is 9.33. The van der Waals surface area contributed by atoms with Crippen molar-refractivity contribution >= 4 is 78.0 Å². The Kier molecular flexibility index (Phi) is 5.30. The molecule has 0 radical (unpaired) electrons. The van der Waals surface area contributed by atoms with Crippen LogP contribution in [0.4, 0.5) is 34.1 Å². The van der Waals surface area contributed by atoms with Crippen molar-refractivity contribution in [1.82, 2.24) is 0 Å². The molecule has 8 rings (SSSR count). The van der Waals surface area contributed by atoms with E-state index in [2.05, 4.69) is 153 Å². The lowest BCUT2D eigenvalue weighted by Crippen LogP contribution is -2.60. The third kappa shape index (κ3) is 3.57. The molecule has 6 aromatic rings. The van der Waals surface area contributed by atoms with Crippen LogP contribution in [-0.2, 0) is 5.41 Å². The number of thiophene rings is 1. The molecule has 4 heteroatoms. The van der Waals surface area contributed by atoms with Crippen molar-refractivity contribution in [2.45, 2.75) is 33.1 Å². The molecule has 5 aromatic carbocycles. The second kappa shape index (κ2) is 8.86. The van der Waals surface area contributed by atoms with Gasteiger partial charge in [0.15, 0.2) is 0 Å². The Balaban J connectivity index is 1.50. The normalized spacial score (nSPS) is 13.7. The fourth-order valence-corrected chi connectivity index (χ4v) is 8.06. The molecule has 2 aliphatic rings. The van der Waals surface area contributed by atoms with Crippen LogP contribution in [0.2, 0.25) is 0 Å². The molecule has 0 N–H and O–H groups in total. The Labute approximate surface area is 246 Å². The van der Waals surface area contributed by atoms with Crippen LogP contribution >= 0.6 is 11.3 Å². The van der Waals surface area contributed by atoms with Crippen molar-refractivity contribution in [2.75, 3.05) is 9.80 Å². The molecule has 0 amide bonds. The number of anilines is 6. The highest BCUT2D eigenvalue weighted by Gasteiger charge is 2.45. The van der Waals surface area contributed by atoms with Crippen LogP contribution in [0, 0.1) is 6.92 Å². The van der Waals surface area contributed by atoms with Crippen molar-refractivity contribution in [3.05, 3.63) is 126 Å². The first kappa shape index (κ1) is 24.5. The molecule has 41 heavy (non-hydrogen) atoms. The molecule has 0 saturated heterocycles. The van der Waals surface area contributed by atoms with E-state index in [1.165, 1.54) is 71.0 Å². The summed E-state index contributed by atoms with van der Waals surface area (Å²) in [5, 5.41) is 1.35. The highest BCUT2D eigenvalue weighted by Crippen LogP contribution is 2.48. The van der Waals surface area contributed by atoms with E-state index in [-0.39, 0.29) is 12.1 Å². The van der Waals surface area contributed by atoms with Gasteiger partial charge < -0.3 is 9.80 Å². The average molecular weight is 547 g/mol. The van der Waals surface area contributed by atoms with Crippen LogP contribution in [0.3, 0.4) is 0 Å². The third-order valence-electron chi connectivity index (χ3n) is 8.73. The van der Waals surface area contributed by atoms with Gasteiger partial charge >= 0.3 is 0 Å². The quantitative estimate of drug-likeness (QED) is 0.200. The molecule has 2 nitrogen and oxygen atoms in total. The van der Waals surface area contributed by atoms with Gasteiger partial charge in [0.2, 0.25) is 0 Å². The Morgan fingerprint density at radius 1 is 0.634 bits per heavy atom. The largest absolute Gasteiger partial charge is 0.311 e. The van der Waals surface area contributed by atoms with Crippen LogP contribution in [0.25, 0.3) is 10.1 Å². The molecule has 0 saturated carbocycles. The molecular formula is C37H31BN2S. The third-order valence-corrected chi connectivity index (χ3v) is 9.95. The molecule has 0 atom stereocenters. The summed E-state index contributed by atoms with van der Waals surface area (Å²) in [6, 6.07) is 42.6. The van der Waals surface area contributed by atoms with Crippen LogP contribution in [0.5, 0.6) is 0 Å².